The monoisotopic (exact) mass is 512 g/mol. The fraction of sp³-hybridized carbons (Fsp3) is 0.737. The molecule has 1 aromatic heterocycles. The first kappa shape index (κ1) is 24.4. The number of carbonyl (C=O) groups is 1. The first-order valence-electron chi connectivity index (χ1n) is 10.5. The molecule has 184 valence electrons. The van der Waals surface area contributed by atoms with Crippen LogP contribution in [0.15, 0.2) is 12.4 Å². The lowest BCUT2D eigenvalue weighted by molar-refractivity contribution is -0.0216. The number of ether oxygens (including phenoxy) is 1. The van der Waals surface area contributed by atoms with Crippen LogP contribution in [0.1, 0.15) is 37.9 Å². The Hall–Kier alpha value is -1.70. The Morgan fingerprint density at radius 3 is 2.64 bits per heavy atom. The third kappa shape index (κ3) is 4.91. The molecule has 0 unspecified atom stereocenters. The number of alkyl halides is 3. The van der Waals surface area contributed by atoms with Crippen molar-refractivity contribution in [3.63, 3.8) is 0 Å². The normalized spacial score (nSPS) is 33.8. The summed E-state index contributed by atoms with van der Waals surface area (Å²) in [7, 11) is -4.38. The number of nitrogens with zero attached hydrogens (tertiary/aromatic N) is 3. The van der Waals surface area contributed by atoms with Gasteiger partial charge < -0.3 is 9.84 Å². The summed E-state index contributed by atoms with van der Waals surface area (Å²) >= 11 is 5.86. The molecule has 9 nitrogen and oxygen atoms in total. The van der Waals surface area contributed by atoms with E-state index in [0.29, 0.717) is 22.8 Å². The van der Waals surface area contributed by atoms with Gasteiger partial charge in [0.05, 0.1) is 29.8 Å². The summed E-state index contributed by atoms with van der Waals surface area (Å²) in [4.78, 5) is 20.9. The molecule has 0 spiro atoms. The molecule has 2 aliphatic carbocycles. The van der Waals surface area contributed by atoms with E-state index in [1.807, 2.05) is 4.72 Å². The molecular weight excluding hydrogens is 489 g/mol. The number of aromatic nitrogens is 2. The van der Waals surface area contributed by atoms with Gasteiger partial charge in [0.2, 0.25) is 16.0 Å². The second-order valence-corrected chi connectivity index (χ2v) is 11.0. The van der Waals surface area contributed by atoms with E-state index < -0.39 is 53.1 Å². The van der Waals surface area contributed by atoms with Gasteiger partial charge in [0.15, 0.2) is 0 Å². The molecule has 33 heavy (non-hydrogen) atoms. The van der Waals surface area contributed by atoms with E-state index in [0.717, 1.165) is 18.7 Å². The summed E-state index contributed by atoms with van der Waals surface area (Å²) in [5.41, 5.74) is -0.134. The van der Waals surface area contributed by atoms with Crippen molar-refractivity contribution in [2.45, 2.75) is 68.2 Å². The number of nitrogens with one attached hydrogen (secondary N) is 1. The van der Waals surface area contributed by atoms with Gasteiger partial charge in [-0.3, -0.25) is 4.90 Å². The number of halogens is 4. The minimum absolute atomic E-state index is 0.134. The third-order valence-corrected chi connectivity index (χ3v) is 8.07. The number of hydrogen-bond acceptors (Lipinski definition) is 6. The van der Waals surface area contributed by atoms with Crippen molar-refractivity contribution in [2.75, 3.05) is 12.6 Å². The van der Waals surface area contributed by atoms with Crippen LogP contribution in [0.5, 0.6) is 0 Å². The Kier molecular flexibility index (Phi) is 6.78. The van der Waals surface area contributed by atoms with E-state index in [2.05, 4.69) is 9.97 Å². The zero-order valence-electron chi connectivity index (χ0n) is 17.4. The number of likely N-dealkylation sites (tertiary alicyclic amines) is 1. The lowest BCUT2D eigenvalue weighted by Gasteiger charge is -2.32. The first-order valence-corrected chi connectivity index (χ1v) is 12.5. The molecule has 14 heteroatoms. The second kappa shape index (κ2) is 9.16. The topological polar surface area (TPSA) is 122 Å². The lowest BCUT2D eigenvalue weighted by Crippen LogP contribution is -2.51. The van der Waals surface area contributed by atoms with Crippen LogP contribution in [0.25, 0.3) is 0 Å². The van der Waals surface area contributed by atoms with Crippen molar-refractivity contribution in [2.24, 2.45) is 5.92 Å². The molecule has 1 aliphatic heterocycles. The standard InChI is InChI=1S/C19H24ClF3N4O5S/c20-11-6-24-17(25-7-11)19-2-1-12(3-10(19)5-19)32-8-15-13(26-33(30,31)9-21)4-14(16(22)23)27(15)18(28)29/h6-7,10,12-16,26H,1-5,8-9H2,(H,28,29)/t10-,12+,13+,14+,15+,19-/m1/s1. The van der Waals surface area contributed by atoms with Crippen molar-refractivity contribution in [3.8, 4) is 0 Å². The van der Waals surface area contributed by atoms with Gasteiger partial charge in [-0.05, 0) is 38.0 Å². The van der Waals surface area contributed by atoms with Crippen LogP contribution < -0.4 is 4.72 Å². The van der Waals surface area contributed by atoms with E-state index in [9.17, 15) is 31.5 Å². The van der Waals surface area contributed by atoms with Gasteiger partial charge in [0, 0.05) is 23.9 Å². The van der Waals surface area contributed by atoms with Gasteiger partial charge >= 0.3 is 6.09 Å². The van der Waals surface area contributed by atoms with E-state index in [4.69, 9.17) is 16.3 Å². The van der Waals surface area contributed by atoms with Crippen molar-refractivity contribution in [1.29, 1.82) is 0 Å². The average molecular weight is 513 g/mol. The van der Waals surface area contributed by atoms with Crippen molar-refractivity contribution in [1.82, 2.24) is 19.6 Å². The molecule has 1 amide bonds. The summed E-state index contributed by atoms with van der Waals surface area (Å²) < 4.78 is 71.1. The Balaban J connectivity index is 1.42. The largest absolute Gasteiger partial charge is 0.465 e. The Bertz CT molecular complexity index is 988. The first-order chi connectivity index (χ1) is 15.6. The number of fused-ring (bicyclic) bond motifs is 1. The fourth-order valence-corrected chi connectivity index (χ4v) is 6.13. The quantitative estimate of drug-likeness (QED) is 0.549. The predicted molar refractivity (Wildman–Crippen MR) is 110 cm³/mol. The highest BCUT2D eigenvalue weighted by Crippen LogP contribution is 2.61. The van der Waals surface area contributed by atoms with Crippen LogP contribution in [0.2, 0.25) is 5.02 Å². The highest BCUT2D eigenvalue weighted by molar-refractivity contribution is 7.89. The SMILES string of the molecule is O=C(O)N1[C@H](C(F)F)C[C@H](NS(=O)(=O)CF)[C@@H]1CO[C@H]1CC[C@@]2(c3ncc(Cl)cn3)C[C@H]2C1. The fourth-order valence-electron chi connectivity index (χ4n) is 5.25. The van der Waals surface area contributed by atoms with Crippen LogP contribution in [0.4, 0.5) is 18.0 Å². The smallest absolute Gasteiger partial charge is 0.408 e. The number of carboxylic acid groups (broad SMARTS) is 1. The van der Waals surface area contributed by atoms with Crippen molar-refractivity contribution >= 4 is 27.7 Å². The van der Waals surface area contributed by atoms with E-state index >= 15 is 0 Å². The van der Waals surface area contributed by atoms with E-state index in [1.54, 1.807) is 12.4 Å². The molecule has 1 saturated heterocycles. The summed E-state index contributed by atoms with van der Waals surface area (Å²) in [6.45, 7) is -0.281. The van der Waals surface area contributed by atoms with Crippen LogP contribution in [-0.4, -0.2) is 77.8 Å². The molecule has 0 aromatic carbocycles. The molecule has 3 aliphatic rings. The minimum Gasteiger partial charge on any atom is -0.465 e. The Morgan fingerprint density at radius 1 is 1.36 bits per heavy atom. The molecule has 3 fully saturated rings. The van der Waals surface area contributed by atoms with Gasteiger partial charge in [-0.15, -0.1) is 0 Å². The molecule has 2 heterocycles. The number of rotatable bonds is 8. The average Bonchev–Trinajstić information content (AvgIpc) is 3.39. The summed E-state index contributed by atoms with van der Waals surface area (Å²) in [5.74, 6) is 0.995. The van der Waals surface area contributed by atoms with Gasteiger partial charge in [-0.2, -0.15) is 0 Å². The Morgan fingerprint density at radius 2 is 2.06 bits per heavy atom. The van der Waals surface area contributed by atoms with Gasteiger partial charge in [0.25, 0.3) is 6.43 Å². The van der Waals surface area contributed by atoms with Crippen LogP contribution in [-0.2, 0) is 20.2 Å². The van der Waals surface area contributed by atoms with E-state index in [1.165, 1.54) is 0 Å². The molecule has 6 atom stereocenters. The predicted octanol–water partition coefficient (Wildman–Crippen LogP) is 2.56. The highest BCUT2D eigenvalue weighted by atomic mass is 35.5. The third-order valence-electron chi connectivity index (χ3n) is 6.92. The zero-order valence-corrected chi connectivity index (χ0v) is 19.0. The minimum atomic E-state index is -4.38. The maximum absolute atomic E-state index is 13.5. The molecule has 2 saturated carbocycles. The van der Waals surface area contributed by atoms with Gasteiger partial charge in [-0.1, -0.05) is 11.6 Å². The number of hydrogen-bond donors (Lipinski definition) is 2. The molecule has 2 N–H and O–H groups in total. The molecule has 4 rings (SSSR count). The van der Waals surface area contributed by atoms with Gasteiger partial charge in [0.1, 0.15) is 5.82 Å². The summed E-state index contributed by atoms with van der Waals surface area (Å²) in [6.07, 6.45) is 0.654. The lowest BCUT2D eigenvalue weighted by atomic mass is 9.86. The second-order valence-electron chi connectivity index (χ2n) is 8.85. The molecule has 1 aromatic rings. The maximum atomic E-state index is 13.5. The van der Waals surface area contributed by atoms with Gasteiger partial charge in [-0.25, -0.2) is 41.1 Å². The molecule has 0 bridgehead atoms. The van der Waals surface area contributed by atoms with Crippen molar-refractivity contribution < 1.29 is 36.2 Å². The number of sulfonamides is 1. The molecule has 0 radical (unpaired) electrons. The van der Waals surface area contributed by atoms with E-state index in [-0.39, 0.29) is 24.0 Å². The Labute approximate surface area is 193 Å². The maximum Gasteiger partial charge on any atom is 0.408 e. The molecular formula is C19H24ClF3N4O5S. The number of amides is 1. The zero-order chi connectivity index (χ0) is 24.0. The van der Waals surface area contributed by atoms with Crippen LogP contribution in [0, 0.1) is 5.92 Å². The van der Waals surface area contributed by atoms with Crippen LogP contribution >= 0.6 is 11.6 Å². The van der Waals surface area contributed by atoms with Crippen LogP contribution in [0.3, 0.4) is 0 Å². The highest BCUT2D eigenvalue weighted by Gasteiger charge is 2.60. The summed E-state index contributed by atoms with van der Waals surface area (Å²) in [5, 5.41) is 9.95. The summed E-state index contributed by atoms with van der Waals surface area (Å²) in [6, 6.07) is -5.86. The van der Waals surface area contributed by atoms with Crippen molar-refractivity contribution in [3.05, 3.63) is 23.2 Å².